The summed E-state index contributed by atoms with van der Waals surface area (Å²) < 4.78 is 6.63. The molecule has 2 aromatic rings. The van der Waals surface area contributed by atoms with Crippen molar-refractivity contribution < 1.29 is 29.2 Å². The fourth-order valence-corrected chi connectivity index (χ4v) is 9.58. The molecule has 2 N–H and O–H groups in total. The number of rotatable bonds is 7. The number of nitrogens with zero attached hydrogens (tertiary/aromatic N) is 3. The van der Waals surface area contributed by atoms with Gasteiger partial charge >= 0.3 is 0 Å². The van der Waals surface area contributed by atoms with E-state index in [1.807, 2.05) is 31.2 Å². The van der Waals surface area contributed by atoms with Crippen molar-refractivity contribution in [3.63, 3.8) is 0 Å². The maximum absolute atomic E-state index is 14.1. The van der Waals surface area contributed by atoms with E-state index < -0.39 is 42.4 Å². The summed E-state index contributed by atoms with van der Waals surface area (Å²) in [6, 6.07) is 11.7. The van der Waals surface area contributed by atoms with E-state index in [4.69, 9.17) is 4.74 Å². The minimum atomic E-state index is -3.04. The van der Waals surface area contributed by atoms with E-state index in [1.165, 1.54) is 17.0 Å². The lowest BCUT2D eigenvalue weighted by molar-refractivity contribution is -0.385. The predicted octanol–water partition coefficient (Wildman–Crippen LogP) is 3.26. The molecule has 212 valence electrons. The maximum Gasteiger partial charge on any atom is 0.269 e. The Morgan fingerprint density at radius 1 is 1.27 bits per heavy atom. The number of hydrogen-bond donors (Lipinski definition) is 2. The first kappa shape index (κ1) is 28.2. The molecular formula is C29H35N3O7Si. The molecule has 0 aliphatic carbocycles. The van der Waals surface area contributed by atoms with E-state index in [1.54, 1.807) is 30.1 Å². The molecule has 1 spiro atoms. The summed E-state index contributed by atoms with van der Waals surface area (Å²) >= 11 is 0. The second-order valence-electron chi connectivity index (χ2n) is 11.6. The normalized spacial score (nSPS) is 27.6. The van der Waals surface area contributed by atoms with Crippen LogP contribution in [0.3, 0.4) is 0 Å². The third-order valence-corrected chi connectivity index (χ3v) is 11.3. The molecule has 40 heavy (non-hydrogen) atoms. The molecule has 3 heterocycles. The fourth-order valence-electron chi connectivity index (χ4n) is 7.02. The van der Waals surface area contributed by atoms with Gasteiger partial charge in [-0.2, -0.15) is 0 Å². The van der Waals surface area contributed by atoms with Crippen molar-refractivity contribution in [3.05, 3.63) is 81.9 Å². The van der Waals surface area contributed by atoms with Crippen LogP contribution in [0.15, 0.2) is 55.1 Å². The number of aliphatic hydroxyl groups excluding tert-OH is 1. The minimum Gasteiger partial charge on any atom is -0.432 e. The van der Waals surface area contributed by atoms with Gasteiger partial charge in [0.1, 0.15) is 0 Å². The van der Waals surface area contributed by atoms with E-state index in [0.29, 0.717) is 24.2 Å². The highest BCUT2D eigenvalue weighted by atomic mass is 28.4. The van der Waals surface area contributed by atoms with Gasteiger partial charge in [-0.1, -0.05) is 37.3 Å². The zero-order valence-electron chi connectivity index (χ0n) is 22.9. The van der Waals surface area contributed by atoms with E-state index in [9.17, 15) is 29.6 Å². The SMILES string of the molecule is C=CCN1C(=O)[C@@]2(O[C@@H](CC(=O)N3Cc4ccccc4C[C@H]3CO)[C@H]([Si](C)(C)O)[C@H]2C)c2cc([N+](=O)[O-])ccc21. The summed E-state index contributed by atoms with van der Waals surface area (Å²) in [5.41, 5.74) is 0.709. The van der Waals surface area contributed by atoms with Gasteiger partial charge in [0.25, 0.3) is 11.6 Å². The second kappa shape index (κ2) is 10.2. The standard InChI is InChI=1S/C29H35N3O7Si/c1-5-12-30-24-11-10-21(32(36)37)14-23(24)29(28(30)35)18(2)27(40(3,4)38)25(39-29)15-26(34)31-16-20-9-7-6-8-19(20)13-22(31)17-33/h5-11,14,18,22,25,27,33,38H,1,12-13,15-17H2,2-4H3/t18-,22+,25+,27-,29+/m1/s1. The van der Waals surface area contributed by atoms with Gasteiger partial charge in [-0.05, 0) is 36.7 Å². The molecule has 11 heteroatoms. The number of carbonyl (C=O) groups excluding carboxylic acids is 2. The van der Waals surface area contributed by atoms with Gasteiger partial charge in [-0.3, -0.25) is 19.7 Å². The molecule has 0 unspecified atom stereocenters. The largest absolute Gasteiger partial charge is 0.432 e. The van der Waals surface area contributed by atoms with Crippen molar-refractivity contribution in [1.82, 2.24) is 4.90 Å². The van der Waals surface area contributed by atoms with E-state index in [-0.39, 0.29) is 37.1 Å². The van der Waals surface area contributed by atoms with Crippen LogP contribution in [-0.2, 0) is 32.9 Å². The lowest BCUT2D eigenvalue weighted by Gasteiger charge is -2.37. The van der Waals surface area contributed by atoms with E-state index in [2.05, 4.69) is 6.58 Å². The monoisotopic (exact) mass is 565 g/mol. The summed E-state index contributed by atoms with van der Waals surface area (Å²) in [5, 5.41) is 21.8. The molecule has 0 bridgehead atoms. The first-order valence-corrected chi connectivity index (χ1v) is 16.6. The Hall–Kier alpha value is -3.38. The van der Waals surface area contributed by atoms with Gasteiger partial charge in [-0.25, -0.2) is 0 Å². The van der Waals surface area contributed by atoms with Crippen LogP contribution in [-0.4, -0.2) is 65.2 Å². The summed E-state index contributed by atoms with van der Waals surface area (Å²) in [4.78, 5) is 53.7. The van der Waals surface area contributed by atoms with Crippen LogP contribution in [0, 0.1) is 16.0 Å². The highest BCUT2D eigenvalue weighted by Gasteiger charge is 2.66. The zero-order valence-corrected chi connectivity index (χ0v) is 23.9. The molecule has 3 aliphatic heterocycles. The molecule has 0 radical (unpaired) electrons. The lowest BCUT2D eigenvalue weighted by Crippen LogP contribution is -2.48. The first-order chi connectivity index (χ1) is 18.9. The van der Waals surface area contributed by atoms with Gasteiger partial charge in [0.05, 0.1) is 35.8 Å². The third kappa shape index (κ3) is 4.37. The van der Waals surface area contributed by atoms with E-state index in [0.717, 1.165) is 11.1 Å². The number of ether oxygens (including phenoxy) is 1. The molecule has 5 rings (SSSR count). The molecule has 10 nitrogen and oxygen atoms in total. The van der Waals surface area contributed by atoms with Crippen LogP contribution < -0.4 is 4.90 Å². The van der Waals surface area contributed by atoms with Crippen molar-refractivity contribution in [2.45, 2.75) is 62.7 Å². The Bertz CT molecular complexity index is 1380. The number of non-ortho nitro benzene ring substituents is 1. The molecule has 3 aliphatic rings. The molecule has 5 atom stereocenters. The van der Waals surface area contributed by atoms with Crippen molar-refractivity contribution >= 4 is 31.5 Å². The van der Waals surface area contributed by atoms with Gasteiger partial charge in [-0.15, -0.1) is 6.58 Å². The molecule has 0 saturated carbocycles. The summed E-state index contributed by atoms with van der Waals surface area (Å²) in [6.07, 6.45) is 1.21. The average Bonchev–Trinajstić information content (AvgIpc) is 3.34. The number of fused-ring (bicyclic) bond motifs is 3. The Labute approximate surface area is 234 Å². The van der Waals surface area contributed by atoms with Crippen LogP contribution in [0.25, 0.3) is 0 Å². The predicted molar refractivity (Wildman–Crippen MR) is 151 cm³/mol. The van der Waals surface area contributed by atoms with Crippen molar-refractivity contribution in [3.8, 4) is 0 Å². The van der Waals surface area contributed by atoms with Crippen LogP contribution >= 0.6 is 0 Å². The number of amides is 2. The van der Waals surface area contributed by atoms with Crippen molar-refractivity contribution in [2.24, 2.45) is 5.92 Å². The number of aliphatic hydroxyl groups is 1. The molecule has 0 aromatic heterocycles. The number of nitro groups is 1. The Kier molecular flexibility index (Phi) is 7.20. The van der Waals surface area contributed by atoms with Gasteiger partial charge in [0.15, 0.2) is 13.9 Å². The Balaban J connectivity index is 1.54. The van der Waals surface area contributed by atoms with Crippen LogP contribution in [0.5, 0.6) is 0 Å². The average molecular weight is 566 g/mol. The number of carbonyl (C=O) groups is 2. The van der Waals surface area contributed by atoms with Crippen molar-refractivity contribution in [1.29, 1.82) is 0 Å². The summed E-state index contributed by atoms with van der Waals surface area (Å²) in [6.45, 7) is 9.44. The van der Waals surface area contributed by atoms with Crippen LogP contribution in [0.4, 0.5) is 11.4 Å². The van der Waals surface area contributed by atoms with Gasteiger partial charge in [0, 0.05) is 42.2 Å². The van der Waals surface area contributed by atoms with Gasteiger partial charge in [0.2, 0.25) is 5.91 Å². The highest BCUT2D eigenvalue weighted by molar-refractivity contribution is 6.71. The smallest absolute Gasteiger partial charge is 0.269 e. The zero-order chi connectivity index (χ0) is 29.0. The number of nitro benzene ring substituents is 1. The lowest BCUT2D eigenvalue weighted by atomic mass is 9.82. The molecule has 2 amide bonds. The fraction of sp³-hybridized carbons (Fsp3) is 0.448. The maximum atomic E-state index is 14.1. The minimum absolute atomic E-state index is 0.0919. The summed E-state index contributed by atoms with van der Waals surface area (Å²) in [7, 11) is -3.04. The number of benzene rings is 2. The summed E-state index contributed by atoms with van der Waals surface area (Å²) in [5.74, 6) is -1.18. The van der Waals surface area contributed by atoms with Crippen LogP contribution in [0.2, 0.25) is 18.6 Å². The first-order valence-electron chi connectivity index (χ1n) is 13.5. The molecule has 1 saturated heterocycles. The van der Waals surface area contributed by atoms with Crippen molar-refractivity contribution in [2.75, 3.05) is 18.1 Å². The topological polar surface area (TPSA) is 133 Å². The number of anilines is 1. The molecule has 1 fully saturated rings. The Morgan fingerprint density at radius 2 is 1.98 bits per heavy atom. The highest BCUT2D eigenvalue weighted by Crippen LogP contribution is 2.60. The van der Waals surface area contributed by atoms with E-state index >= 15 is 0 Å². The quantitative estimate of drug-likeness (QED) is 0.228. The second-order valence-corrected chi connectivity index (χ2v) is 15.5. The van der Waals surface area contributed by atoms with Gasteiger partial charge < -0.3 is 24.4 Å². The molecule has 2 aromatic carbocycles. The van der Waals surface area contributed by atoms with Crippen LogP contribution in [0.1, 0.15) is 30.0 Å². The third-order valence-electron chi connectivity index (χ3n) is 8.75. The number of hydrogen-bond acceptors (Lipinski definition) is 7. The molecular weight excluding hydrogens is 530 g/mol. The Morgan fingerprint density at radius 3 is 2.60 bits per heavy atom.